The zero-order valence-corrected chi connectivity index (χ0v) is 21.1. The number of aromatic nitrogens is 2. The molecule has 3 aliphatic rings. The molecular weight excluding hydrogens is 494 g/mol. The van der Waals surface area contributed by atoms with Crippen LogP contribution in [0.1, 0.15) is 31.4 Å². The lowest BCUT2D eigenvalue weighted by atomic mass is 9.68. The summed E-state index contributed by atoms with van der Waals surface area (Å²) in [5, 5.41) is 15.1. The maximum absolute atomic E-state index is 13.3. The van der Waals surface area contributed by atoms with E-state index in [1.54, 1.807) is 12.1 Å². The van der Waals surface area contributed by atoms with Gasteiger partial charge in [0.15, 0.2) is 5.41 Å². The normalized spacial score (nSPS) is 20.8. The number of nitrogens with one attached hydrogen (secondary N) is 3. The number of aromatic amines is 1. The highest BCUT2D eigenvalue weighted by Gasteiger charge is 2.60. The molecule has 1 aromatic heterocycles. The standard InChI is InChI=1S/C25H29N7O6/c1-3-7-32-20(34)16(19(33)27-24(32)38)12-26-15-5-6-17-14(10-15)11-25(21(35)28-23(37)29-22(25)36)18-13-30(4-2)8-9-31(17)18/h5-6,10,12,18,34H,3-4,7-9,11,13H2,1-2H3,(H,27,33,38)(H2,28,29,35,36,37). The number of aromatic hydroxyl groups is 1. The minimum absolute atomic E-state index is 0.0581. The Balaban J connectivity index is 1.55. The quantitative estimate of drug-likeness (QED) is 0.309. The van der Waals surface area contributed by atoms with Gasteiger partial charge in [-0.25, -0.2) is 9.59 Å². The largest absolute Gasteiger partial charge is 0.494 e. The number of carbonyl (C=O) groups excluding carboxylic acids is 3. The highest BCUT2D eigenvalue weighted by atomic mass is 16.3. The third-order valence-corrected chi connectivity index (χ3v) is 7.58. The molecule has 38 heavy (non-hydrogen) atoms. The van der Waals surface area contributed by atoms with E-state index in [0.717, 1.165) is 23.3 Å². The maximum atomic E-state index is 13.3. The van der Waals surface area contributed by atoms with E-state index in [9.17, 15) is 29.1 Å². The first-order valence-electron chi connectivity index (χ1n) is 12.6. The van der Waals surface area contributed by atoms with Gasteiger partial charge in [0, 0.05) is 38.1 Å². The number of imide groups is 2. The van der Waals surface area contributed by atoms with Gasteiger partial charge in [-0.05, 0) is 43.1 Å². The molecule has 2 fully saturated rings. The molecule has 2 aromatic rings. The van der Waals surface area contributed by atoms with Gasteiger partial charge < -0.3 is 10.0 Å². The van der Waals surface area contributed by atoms with Crippen molar-refractivity contribution in [3.05, 3.63) is 50.2 Å². The van der Waals surface area contributed by atoms with Gasteiger partial charge in [0.25, 0.3) is 5.56 Å². The van der Waals surface area contributed by atoms with E-state index < -0.39 is 46.4 Å². The van der Waals surface area contributed by atoms with Gasteiger partial charge in [-0.15, -0.1) is 0 Å². The molecule has 0 radical (unpaired) electrons. The van der Waals surface area contributed by atoms with Crippen LogP contribution in [0.4, 0.5) is 16.2 Å². The zero-order chi connectivity index (χ0) is 27.2. The summed E-state index contributed by atoms with van der Waals surface area (Å²) in [5.74, 6) is -1.74. The predicted molar refractivity (Wildman–Crippen MR) is 138 cm³/mol. The van der Waals surface area contributed by atoms with Crippen LogP contribution < -0.4 is 26.8 Å². The second kappa shape index (κ2) is 9.56. The average Bonchev–Trinajstić information content (AvgIpc) is 2.88. The number of hydrogen-bond donors (Lipinski definition) is 4. The Morgan fingerprint density at radius 3 is 2.53 bits per heavy atom. The number of urea groups is 1. The van der Waals surface area contributed by atoms with Gasteiger partial charge in [-0.2, -0.15) is 0 Å². The van der Waals surface area contributed by atoms with Crippen LogP contribution >= 0.6 is 0 Å². The number of hydrogen-bond acceptors (Lipinski definition) is 9. The fraction of sp³-hybridized carbons (Fsp3) is 0.440. The van der Waals surface area contributed by atoms with Crippen molar-refractivity contribution in [1.29, 1.82) is 0 Å². The van der Waals surface area contributed by atoms with Crippen LogP contribution in [-0.4, -0.2) is 75.8 Å². The van der Waals surface area contributed by atoms with Crippen LogP contribution in [0.25, 0.3) is 0 Å². The molecule has 4 amide bonds. The highest BCUT2D eigenvalue weighted by molar-refractivity contribution is 6.20. The average molecular weight is 524 g/mol. The number of anilines is 1. The molecule has 1 spiro atoms. The van der Waals surface area contributed by atoms with Gasteiger partial charge >= 0.3 is 11.7 Å². The number of benzene rings is 1. The van der Waals surface area contributed by atoms with Crippen LogP contribution in [0.5, 0.6) is 5.88 Å². The summed E-state index contributed by atoms with van der Waals surface area (Å²) in [6.45, 7) is 6.67. The Labute approximate surface area is 217 Å². The minimum atomic E-state index is -1.51. The number of fused-ring (bicyclic) bond motifs is 4. The van der Waals surface area contributed by atoms with Gasteiger partial charge in [0.1, 0.15) is 5.56 Å². The fourth-order valence-corrected chi connectivity index (χ4v) is 5.62. The number of rotatable bonds is 5. The van der Waals surface area contributed by atoms with Crippen molar-refractivity contribution in [2.24, 2.45) is 10.4 Å². The second-order valence-corrected chi connectivity index (χ2v) is 9.71. The van der Waals surface area contributed by atoms with Gasteiger partial charge in [0.05, 0.1) is 11.7 Å². The molecule has 2 saturated heterocycles. The molecule has 1 unspecified atom stereocenters. The number of likely N-dealkylation sites (N-methyl/N-ethyl adjacent to an activating group) is 1. The van der Waals surface area contributed by atoms with Crippen molar-refractivity contribution in [2.75, 3.05) is 31.1 Å². The maximum Gasteiger partial charge on any atom is 0.331 e. The second-order valence-electron chi connectivity index (χ2n) is 9.71. The molecule has 13 heteroatoms. The lowest BCUT2D eigenvalue weighted by Crippen LogP contribution is -2.74. The molecule has 3 aliphatic heterocycles. The topological polar surface area (TPSA) is 169 Å². The number of nitrogens with zero attached hydrogens (tertiary/aromatic N) is 4. The molecule has 5 rings (SSSR count). The summed E-state index contributed by atoms with van der Waals surface area (Å²) in [6, 6.07) is 4.02. The van der Waals surface area contributed by atoms with Gasteiger partial charge in [-0.3, -0.25) is 44.5 Å². The molecule has 4 heterocycles. The van der Waals surface area contributed by atoms with E-state index in [1.165, 1.54) is 6.21 Å². The van der Waals surface area contributed by atoms with Crippen LogP contribution in [-0.2, 0) is 22.6 Å². The Bertz CT molecular complexity index is 1460. The zero-order valence-electron chi connectivity index (χ0n) is 21.1. The molecule has 200 valence electrons. The predicted octanol–water partition coefficient (Wildman–Crippen LogP) is -0.178. The lowest BCUT2D eigenvalue weighted by Gasteiger charge is -2.54. The Morgan fingerprint density at radius 1 is 1.11 bits per heavy atom. The minimum Gasteiger partial charge on any atom is -0.494 e. The molecule has 0 bridgehead atoms. The third-order valence-electron chi connectivity index (χ3n) is 7.58. The third kappa shape index (κ3) is 3.99. The Morgan fingerprint density at radius 2 is 1.84 bits per heavy atom. The van der Waals surface area contributed by atoms with Crippen LogP contribution in [0, 0.1) is 5.41 Å². The summed E-state index contributed by atoms with van der Waals surface area (Å²) in [5.41, 5.74) is -1.16. The lowest BCUT2D eigenvalue weighted by molar-refractivity contribution is -0.147. The van der Waals surface area contributed by atoms with Crippen molar-refractivity contribution in [3.63, 3.8) is 0 Å². The number of amides is 4. The molecule has 0 aliphatic carbocycles. The molecule has 1 aromatic carbocycles. The summed E-state index contributed by atoms with van der Waals surface area (Å²) >= 11 is 0. The molecule has 13 nitrogen and oxygen atoms in total. The van der Waals surface area contributed by atoms with Crippen molar-refractivity contribution in [3.8, 4) is 5.88 Å². The van der Waals surface area contributed by atoms with Crippen LogP contribution in [0.2, 0.25) is 0 Å². The monoisotopic (exact) mass is 523 g/mol. The van der Waals surface area contributed by atoms with E-state index in [-0.39, 0.29) is 18.5 Å². The van der Waals surface area contributed by atoms with Gasteiger partial charge in [0.2, 0.25) is 17.7 Å². The van der Waals surface area contributed by atoms with Crippen molar-refractivity contribution >= 4 is 35.4 Å². The molecule has 1 atom stereocenters. The number of carbonyl (C=O) groups is 3. The van der Waals surface area contributed by atoms with Crippen molar-refractivity contribution in [2.45, 2.75) is 39.3 Å². The number of H-pyrrole nitrogens is 1. The SMILES string of the molecule is CCCn1c(O)c(C=Nc2ccc3c(c2)CC2(C(=O)NC(=O)NC2=O)C2CN(CC)CCN32)c(=O)[nH]c1=O. The Kier molecular flexibility index (Phi) is 6.39. The van der Waals surface area contributed by atoms with Crippen molar-refractivity contribution in [1.82, 2.24) is 25.1 Å². The van der Waals surface area contributed by atoms with Crippen molar-refractivity contribution < 1.29 is 19.5 Å². The van der Waals surface area contributed by atoms with Gasteiger partial charge in [-0.1, -0.05) is 13.8 Å². The summed E-state index contributed by atoms with van der Waals surface area (Å²) in [7, 11) is 0. The molecular formula is C25H29N7O6. The van der Waals surface area contributed by atoms with E-state index >= 15 is 0 Å². The number of barbiturate groups is 1. The summed E-state index contributed by atoms with van der Waals surface area (Å²) in [6.07, 6.45) is 1.81. The highest BCUT2D eigenvalue weighted by Crippen LogP contribution is 2.45. The van der Waals surface area contributed by atoms with E-state index in [2.05, 4.69) is 25.5 Å². The fourth-order valence-electron chi connectivity index (χ4n) is 5.62. The first-order valence-corrected chi connectivity index (χ1v) is 12.6. The summed E-state index contributed by atoms with van der Waals surface area (Å²) < 4.78 is 1.07. The molecule has 4 N–H and O–H groups in total. The first-order chi connectivity index (χ1) is 18.2. The number of aliphatic imine (C=N–C) groups is 1. The first kappa shape index (κ1) is 25.4. The number of piperazine rings is 1. The van der Waals surface area contributed by atoms with E-state index in [1.807, 2.05) is 24.8 Å². The summed E-state index contributed by atoms with van der Waals surface area (Å²) in [4.78, 5) is 73.5. The van der Waals surface area contributed by atoms with E-state index in [0.29, 0.717) is 30.8 Å². The molecule has 0 saturated carbocycles. The smallest absolute Gasteiger partial charge is 0.331 e. The Hall–Kier alpha value is -4.26. The van der Waals surface area contributed by atoms with Crippen LogP contribution in [0.3, 0.4) is 0 Å². The van der Waals surface area contributed by atoms with E-state index in [4.69, 9.17) is 0 Å². The van der Waals surface area contributed by atoms with Crippen LogP contribution in [0.15, 0.2) is 32.8 Å².